The monoisotopic (exact) mass is 253 g/mol. The Bertz CT molecular complexity index is 436. The average Bonchev–Trinajstić information content (AvgIpc) is 2.88. The van der Waals surface area contributed by atoms with Gasteiger partial charge < -0.3 is 5.73 Å². The second-order valence-corrected chi connectivity index (χ2v) is 5.90. The summed E-state index contributed by atoms with van der Waals surface area (Å²) in [6, 6.07) is 4.70. The smallest absolute Gasteiger partial charge is 0.180 e. The zero-order valence-corrected chi connectivity index (χ0v) is 11.0. The molecule has 0 aromatic carbocycles. The number of thiophene rings is 1. The van der Waals surface area contributed by atoms with Crippen molar-refractivity contribution in [3.05, 3.63) is 33.5 Å². The van der Waals surface area contributed by atoms with Gasteiger partial charge in [0.25, 0.3) is 0 Å². The van der Waals surface area contributed by atoms with Crippen LogP contribution in [0.5, 0.6) is 0 Å². The van der Waals surface area contributed by atoms with Crippen LogP contribution in [-0.2, 0) is 6.54 Å². The van der Waals surface area contributed by atoms with E-state index in [1.54, 1.807) is 22.7 Å². The van der Waals surface area contributed by atoms with Gasteiger partial charge in [-0.25, -0.2) is 4.98 Å². The van der Waals surface area contributed by atoms with Crippen LogP contribution in [0.25, 0.3) is 0 Å². The summed E-state index contributed by atoms with van der Waals surface area (Å²) in [5.74, 6) is 0. The molecule has 2 heterocycles. The SMILES string of the molecule is CC(c1cccs1)N(C)Cc1cnc(N)s1. The first-order valence-corrected chi connectivity index (χ1v) is 6.80. The molecule has 0 aliphatic carbocycles. The molecule has 2 aromatic heterocycles. The lowest BCUT2D eigenvalue weighted by atomic mass is 10.2. The fourth-order valence-electron chi connectivity index (χ4n) is 1.52. The minimum Gasteiger partial charge on any atom is -0.375 e. The molecule has 0 radical (unpaired) electrons. The van der Waals surface area contributed by atoms with Gasteiger partial charge in [-0.3, -0.25) is 4.90 Å². The Hall–Kier alpha value is -0.910. The van der Waals surface area contributed by atoms with Gasteiger partial charge in [0.1, 0.15) is 0 Å². The van der Waals surface area contributed by atoms with E-state index in [2.05, 4.69) is 41.4 Å². The number of thiazole rings is 1. The van der Waals surface area contributed by atoms with E-state index >= 15 is 0 Å². The summed E-state index contributed by atoms with van der Waals surface area (Å²) >= 11 is 3.36. The van der Waals surface area contributed by atoms with Crippen LogP contribution in [0, 0.1) is 0 Å². The zero-order chi connectivity index (χ0) is 11.5. The van der Waals surface area contributed by atoms with Crippen molar-refractivity contribution in [2.75, 3.05) is 12.8 Å². The molecule has 16 heavy (non-hydrogen) atoms. The molecule has 0 saturated carbocycles. The highest BCUT2D eigenvalue weighted by molar-refractivity contribution is 7.15. The third-order valence-corrected chi connectivity index (χ3v) is 4.45. The van der Waals surface area contributed by atoms with Gasteiger partial charge in [-0.2, -0.15) is 0 Å². The van der Waals surface area contributed by atoms with E-state index < -0.39 is 0 Å². The molecule has 3 nitrogen and oxygen atoms in total. The summed E-state index contributed by atoms with van der Waals surface area (Å²) in [4.78, 5) is 8.97. The van der Waals surface area contributed by atoms with Crippen LogP contribution in [0.3, 0.4) is 0 Å². The largest absolute Gasteiger partial charge is 0.375 e. The number of rotatable bonds is 4. The summed E-state index contributed by atoms with van der Waals surface area (Å²) in [6.45, 7) is 3.12. The Balaban J connectivity index is 2.00. The van der Waals surface area contributed by atoms with Crippen molar-refractivity contribution in [1.82, 2.24) is 9.88 Å². The molecular formula is C11H15N3S2. The second kappa shape index (κ2) is 4.95. The Morgan fingerprint density at radius 1 is 1.56 bits per heavy atom. The van der Waals surface area contributed by atoms with Crippen molar-refractivity contribution >= 4 is 27.8 Å². The molecular weight excluding hydrogens is 238 g/mol. The van der Waals surface area contributed by atoms with Crippen molar-refractivity contribution in [3.63, 3.8) is 0 Å². The van der Waals surface area contributed by atoms with Gasteiger partial charge in [-0.1, -0.05) is 6.07 Å². The predicted molar refractivity (Wildman–Crippen MR) is 70.7 cm³/mol. The molecule has 0 fully saturated rings. The summed E-state index contributed by atoms with van der Waals surface area (Å²) in [5.41, 5.74) is 5.62. The van der Waals surface area contributed by atoms with Gasteiger partial charge in [0, 0.05) is 28.5 Å². The standard InChI is InChI=1S/C11H15N3S2/c1-8(10-4-3-5-15-10)14(2)7-9-6-13-11(12)16-9/h3-6,8H,7H2,1-2H3,(H2,12,13). The third-order valence-electron chi connectivity index (χ3n) is 2.59. The first kappa shape index (κ1) is 11.6. The Morgan fingerprint density at radius 3 is 2.94 bits per heavy atom. The van der Waals surface area contributed by atoms with E-state index in [0.29, 0.717) is 11.2 Å². The van der Waals surface area contributed by atoms with Crippen LogP contribution in [0.2, 0.25) is 0 Å². The molecule has 0 amide bonds. The average molecular weight is 253 g/mol. The summed E-state index contributed by atoms with van der Waals surface area (Å²) in [7, 11) is 2.13. The molecule has 86 valence electrons. The lowest BCUT2D eigenvalue weighted by Gasteiger charge is -2.22. The van der Waals surface area contributed by atoms with E-state index in [4.69, 9.17) is 5.73 Å². The molecule has 2 N–H and O–H groups in total. The summed E-state index contributed by atoms with van der Waals surface area (Å²) < 4.78 is 0. The van der Waals surface area contributed by atoms with Gasteiger partial charge in [0.15, 0.2) is 5.13 Å². The third kappa shape index (κ3) is 2.61. The van der Waals surface area contributed by atoms with E-state index in [1.807, 2.05) is 6.20 Å². The first-order valence-electron chi connectivity index (χ1n) is 5.10. The fraction of sp³-hybridized carbons (Fsp3) is 0.364. The highest BCUT2D eigenvalue weighted by Crippen LogP contribution is 2.26. The number of nitrogens with two attached hydrogens (primary N) is 1. The fourth-order valence-corrected chi connectivity index (χ4v) is 3.12. The summed E-state index contributed by atoms with van der Waals surface area (Å²) in [5, 5.41) is 2.76. The number of aromatic nitrogens is 1. The number of hydrogen-bond acceptors (Lipinski definition) is 5. The van der Waals surface area contributed by atoms with Gasteiger partial charge in [0.05, 0.1) is 0 Å². The van der Waals surface area contributed by atoms with Gasteiger partial charge >= 0.3 is 0 Å². The molecule has 1 atom stereocenters. The number of anilines is 1. The molecule has 2 aromatic rings. The molecule has 0 saturated heterocycles. The van der Waals surface area contributed by atoms with E-state index in [0.717, 1.165) is 6.54 Å². The normalized spacial score (nSPS) is 13.2. The van der Waals surface area contributed by atoms with E-state index in [9.17, 15) is 0 Å². The molecule has 2 rings (SSSR count). The molecule has 1 unspecified atom stereocenters. The molecule has 5 heteroatoms. The van der Waals surface area contributed by atoms with Gasteiger partial charge in [0.2, 0.25) is 0 Å². The molecule has 0 bridgehead atoms. The Labute approximate surface area is 104 Å². The topological polar surface area (TPSA) is 42.2 Å². The van der Waals surface area contributed by atoms with Crippen LogP contribution in [0.15, 0.2) is 23.7 Å². The minimum atomic E-state index is 0.434. The quantitative estimate of drug-likeness (QED) is 0.911. The van der Waals surface area contributed by atoms with E-state index in [-0.39, 0.29) is 0 Å². The maximum Gasteiger partial charge on any atom is 0.180 e. The minimum absolute atomic E-state index is 0.434. The van der Waals surface area contributed by atoms with Crippen molar-refractivity contribution < 1.29 is 0 Å². The van der Waals surface area contributed by atoms with Gasteiger partial charge in [-0.15, -0.1) is 22.7 Å². The van der Waals surface area contributed by atoms with Crippen LogP contribution < -0.4 is 5.73 Å². The Kier molecular flexibility index (Phi) is 3.58. The maximum absolute atomic E-state index is 5.62. The number of hydrogen-bond donors (Lipinski definition) is 1. The number of nitrogens with zero attached hydrogens (tertiary/aromatic N) is 2. The first-order chi connectivity index (χ1) is 7.66. The predicted octanol–water partition coefficient (Wildman–Crippen LogP) is 2.98. The lowest BCUT2D eigenvalue weighted by molar-refractivity contribution is 0.258. The van der Waals surface area contributed by atoms with Crippen LogP contribution >= 0.6 is 22.7 Å². The maximum atomic E-state index is 5.62. The lowest BCUT2D eigenvalue weighted by Crippen LogP contribution is -2.20. The zero-order valence-electron chi connectivity index (χ0n) is 9.38. The van der Waals surface area contributed by atoms with Gasteiger partial charge in [-0.05, 0) is 25.4 Å². The number of nitrogen functional groups attached to an aromatic ring is 1. The second-order valence-electron chi connectivity index (χ2n) is 3.77. The van der Waals surface area contributed by atoms with Crippen LogP contribution in [0.4, 0.5) is 5.13 Å². The van der Waals surface area contributed by atoms with Crippen molar-refractivity contribution in [1.29, 1.82) is 0 Å². The van der Waals surface area contributed by atoms with Crippen LogP contribution in [-0.4, -0.2) is 16.9 Å². The molecule has 0 aliphatic rings. The highest BCUT2D eigenvalue weighted by Gasteiger charge is 2.13. The van der Waals surface area contributed by atoms with E-state index in [1.165, 1.54) is 9.75 Å². The summed E-state index contributed by atoms with van der Waals surface area (Å²) in [6.07, 6.45) is 1.86. The van der Waals surface area contributed by atoms with Crippen molar-refractivity contribution in [2.45, 2.75) is 19.5 Å². The Morgan fingerprint density at radius 2 is 2.38 bits per heavy atom. The van der Waals surface area contributed by atoms with Crippen molar-refractivity contribution in [3.8, 4) is 0 Å². The highest BCUT2D eigenvalue weighted by atomic mass is 32.1. The molecule has 0 spiro atoms. The van der Waals surface area contributed by atoms with Crippen molar-refractivity contribution in [2.24, 2.45) is 0 Å². The molecule has 0 aliphatic heterocycles. The van der Waals surface area contributed by atoms with Crippen LogP contribution in [0.1, 0.15) is 22.7 Å².